The molecule has 2 fully saturated rings. The molecule has 0 spiro atoms. The van der Waals surface area contributed by atoms with Crippen LogP contribution in [0.5, 0.6) is 0 Å². The summed E-state index contributed by atoms with van der Waals surface area (Å²) >= 11 is 0. The lowest BCUT2D eigenvalue weighted by Gasteiger charge is -2.38. The first-order valence-corrected chi connectivity index (χ1v) is 8.77. The van der Waals surface area contributed by atoms with Crippen molar-refractivity contribution < 1.29 is 4.79 Å². The largest absolute Gasteiger partial charge is 0.368 e. The van der Waals surface area contributed by atoms with Crippen LogP contribution >= 0.6 is 0 Å². The van der Waals surface area contributed by atoms with Gasteiger partial charge >= 0.3 is 0 Å². The fourth-order valence-corrected chi connectivity index (χ4v) is 4.48. The lowest BCUT2D eigenvalue weighted by molar-refractivity contribution is -0.136. The van der Waals surface area contributed by atoms with E-state index in [2.05, 4.69) is 39.1 Å². The second kappa shape index (κ2) is 5.66. The van der Waals surface area contributed by atoms with E-state index in [-0.39, 0.29) is 5.92 Å². The predicted octanol–water partition coefficient (Wildman–Crippen LogP) is 2.56. The number of rotatable bonds is 2. The molecule has 2 bridgehead atoms. The maximum Gasteiger partial charge on any atom is 0.226 e. The van der Waals surface area contributed by atoms with Gasteiger partial charge in [-0.05, 0) is 50.7 Å². The maximum absolute atomic E-state index is 12.8. The van der Waals surface area contributed by atoms with Gasteiger partial charge in [0.1, 0.15) is 0 Å². The Balaban J connectivity index is 1.39. The zero-order valence-corrected chi connectivity index (χ0v) is 14.0. The molecule has 1 aliphatic heterocycles. The molecule has 3 atom stereocenters. The number of amides is 1. The topological polar surface area (TPSA) is 36.4 Å². The van der Waals surface area contributed by atoms with E-state index in [1.54, 1.807) is 0 Å². The normalized spacial score (nSPS) is 29.4. The average Bonchev–Trinajstić information content (AvgIpc) is 3.16. The number of aromatic nitrogens is 1. The zero-order chi connectivity index (χ0) is 16.0. The number of fused-ring (bicyclic) bond motifs is 2. The molecule has 23 heavy (non-hydrogen) atoms. The number of hydrogen-bond acceptors (Lipinski definition) is 3. The van der Waals surface area contributed by atoms with E-state index < -0.39 is 0 Å². The van der Waals surface area contributed by atoms with Crippen molar-refractivity contribution in [2.24, 2.45) is 17.8 Å². The van der Waals surface area contributed by atoms with Crippen molar-refractivity contribution in [1.82, 2.24) is 9.88 Å². The smallest absolute Gasteiger partial charge is 0.226 e. The maximum atomic E-state index is 12.8. The summed E-state index contributed by atoms with van der Waals surface area (Å²) in [6, 6.07) is 4.29. The zero-order valence-electron chi connectivity index (χ0n) is 14.0. The van der Waals surface area contributed by atoms with Crippen LogP contribution in [0.1, 0.15) is 24.2 Å². The van der Waals surface area contributed by atoms with Crippen LogP contribution in [0, 0.1) is 31.6 Å². The third-order valence-electron chi connectivity index (χ3n) is 5.62. The molecule has 1 amide bonds. The summed E-state index contributed by atoms with van der Waals surface area (Å²) in [6.07, 6.45) is 6.85. The molecule has 122 valence electrons. The summed E-state index contributed by atoms with van der Waals surface area (Å²) in [5.74, 6) is 1.82. The van der Waals surface area contributed by atoms with Crippen LogP contribution in [-0.4, -0.2) is 42.0 Å². The molecule has 0 radical (unpaired) electrons. The molecule has 1 saturated heterocycles. The van der Waals surface area contributed by atoms with Gasteiger partial charge in [0.25, 0.3) is 0 Å². The Morgan fingerprint density at radius 3 is 2.30 bits per heavy atom. The minimum Gasteiger partial charge on any atom is -0.368 e. The van der Waals surface area contributed by atoms with Gasteiger partial charge in [0, 0.05) is 49.2 Å². The molecule has 4 nitrogen and oxygen atoms in total. The van der Waals surface area contributed by atoms with Gasteiger partial charge in [-0.3, -0.25) is 9.78 Å². The van der Waals surface area contributed by atoms with Gasteiger partial charge in [0.15, 0.2) is 0 Å². The highest BCUT2D eigenvalue weighted by Gasteiger charge is 2.41. The fraction of sp³-hybridized carbons (Fsp3) is 0.579. The van der Waals surface area contributed by atoms with Crippen LogP contribution in [0.4, 0.5) is 5.69 Å². The molecule has 0 unspecified atom stereocenters. The van der Waals surface area contributed by atoms with Gasteiger partial charge in [0.05, 0.1) is 0 Å². The Morgan fingerprint density at radius 2 is 1.74 bits per heavy atom. The molecule has 2 heterocycles. The van der Waals surface area contributed by atoms with Crippen molar-refractivity contribution in [3.8, 4) is 0 Å². The van der Waals surface area contributed by atoms with Crippen molar-refractivity contribution in [2.75, 3.05) is 31.1 Å². The summed E-state index contributed by atoms with van der Waals surface area (Å²) in [5.41, 5.74) is 3.37. The third kappa shape index (κ3) is 2.75. The lowest BCUT2D eigenvalue weighted by Crippen LogP contribution is -2.51. The lowest BCUT2D eigenvalue weighted by atomic mass is 9.92. The van der Waals surface area contributed by atoms with Crippen molar-refractivity contribution in [2.45, 2.75) is 26.7 Å². The molecule has 0 aromatic carbocycles. The molecule has 2 aliphatic carbocycles. The summed E-state index contributed by atoms with van der Waals surface area (Å²) in [7, 11) is 0. The molecule has 1 aromatic heterocycles. The quantitative estimate of drug-likeness (QED) is 0.788. The van der Waals surface area contributed by atoms with Crippen LogP contribution in [0.15, 0.2) is 24.3 Å². The molecular formula is C19H25N3O. The number of piperazine rings is 1. The number of anilines is 1. The number of allylic oxidation sites excluding steroid dienone is 2. The molecule has 1 saturated carbocycles. The predicted molar refractivity (Wildman–Crippen MR) is 91.3 cm³/mol. The SMILES string of the molecule is Cc1cc(N2CCN(C(=O)[C@@H]3C[C@H]4C=C[C@@H]3C4)CC2)cc(C)n1. The van der Waals surface area contributed by atoms with Crippen molar-refractivity contribution in [3.05, 3.63) is 35.7 Å². The first kappa shape index (κ1) is 14.7. The molecule has 4 rings (SSSR count). The minimum atomic E-state index is 0.252. The van der Waals surface area contributed by atoms with E-state index in [0.717, 1.165) is 44.0 Å². The first-order valence-electron chi connectivity index (χ1n) is 8.77. The average molecular weight is 311 g/mol. The number of aryl methyl sites for hydroxylation is 2. The highest BCUT2D eigenvalue weighted by molar-refractivity contribution is 5.80. The number of carbonyl (C=O) groups excluding carboxylic acids is 1. The molecule has 3 aliphatic rings. The minimum absolute atomic E-state index is 0.252. The van der Waals surface area contributed by atoms with Gasteiger partial charge in [-0.2, -0.15) is 0 Å². The third-order valence-corrected chi connectivity index (χ3v) is 5.62. The van der Waals surface area contributed by atoms with E-state index in [1.165, 1.54) is 12.1 Å². The van der Waals surface area contributed by atoms with Crippen molar-refractivity contribution >= 4 is 11.6 Å². The first-order chi connectivity index (χ1) is 11.1. The van der Waals surface area contributed by atoms with Gasteiger partial charge in [0.2, 0.25) is 5.91 Å². The van der Waals surface area contributed by atoms with Crippen LogP contribution < -0.4 is 4.90 Å². The summed E-state index contributed by atoms with van der Waals surface area (Å²) in [4.78, 5) is 21.7. The van der Waals surface area contributed by atoms with Gasteiger partial charge in [-0.1, -0.05) is 12.2 Å². The number of nitrogens with zero attached hydrogens (tertiary/aromatic N) is 3. The number of pyridine rings is 1. The molecular weight excluding hydrogens is 286 g/mol. The Hall–Kier alpha value is -1.84. The standard InChI is InChI=1S/C19H25N3O/c1-13-9-17(10-14(2)20-13)21-5-7-22(8-6-21)19(23)18-12-15-3-4-16(18)11-15/h3-4,9-10,15-16,18H,5-8,11-12H2,1-2H3/t15-,16+,18+/m0/s1. The van der Waals surface area contributed by atoms with Gasteiger partial charge < -0.3 is 9.80 Å². The highest BCUT2D eigenvalue weighted by atomic mass is 16.2. The Kier molecular flexibility index (Phi) is 3.63. The highest BCUT2D eigenvalue weighted by Crippen LogP contribution is 2.44. The van der Waals surface area contributed by atoms with E-state index in [4.69, 9.17) is 0 Å². The summed E-state index contributed by atoms with van der Waals surface area (Å²) < 4.78 is 0. The van der Waals surface area contributed by atoms with Crippen LogP contribution in [0.3, 0.4) is 0 Å². The van der Waals surface area contributed by atoms with E-state index in [0.29, 0.717) is 17.7 Å². The van der Waals surface area contributed by atoms with Gasteiger partial charge in [-0.15, -0.1) is 0 Å². The second-order valence-electron chi connectivity index (χ2n) is 7.31. The second-order valence-corrected chi connectivity index (χ2v) is 7.31. The molecule has 1 aromatic rings. The Labute approximate surface area is 138 Å². The van der Waals surface area contributed by atoms with E-state index in [1.807, 2.05) is 13.8 Å². The summed E-state index contributed by atoms with van der Waals surface area (Å²) in [5, 5.41) is 0. The molecule has 4 heteroatoms. The van der Waals surface area contributed by atoms with Crippen LogP contribution in [0.2, 0.25) is 0 Å². The van der Waals surface area contributed by atoms with E-state index in [9.17, 15) is 4.79 Å². The Bertz CT molecular complexity index is 626. The number of carbonyl (C=O) groups is 1. The molecule has 0 N–H and O–H groups in total. The van der Waals surface area contributed by atoms with Crippen molar-refractivity contribution in [3.63, 3.8) is 0 Å². The van der Waals surface area contributed by atoms with E-state index >= 15 is 0 Å². The Morgan fingerprint density at radius 1 is 1.04 bits per heavy atom. The van der Waals surface area contributed by atoms with Crippen LogP contribution in [-0.2, 0) is 4.79 Å². The fourth-order valence-electron chi connectivity index (χ4n) is 4.48. The van der Waals surface area contributed by atoms with Crippen molar-refractivity contribution in [1.29, 1.82) is 0 Å². The van der Waals surface area contributed by atoms with Gasteiger partial charge in [-0.25, -0.2) is 0 Å². The summed E-state index contributed by atoms with van der Waals surface area (Å²) in [6.45, 7) is 7.61. The monoisotopic (exact) mass is 311 g/mol. The number of hydrogen-bond donors (Lipinski definition) is 0. The van der Waals surface area contributed by atoms with Crippen LogP contribution in [0.25, 0.3) is 0 Å².